The Morgan fingerprint density at radius 3 is 2.47 bits per heavy atom. The van der Waals surface area contributed by atoms with Gasteiger partial charge < -0.3 is 19.5 Å². The van der Waals surface area contributed by atoms with E-state index in [0.29, 0.717) is 17.3 Å². The van der Waals surface area contributed by atoms with Crippen LogP contribution in [0, 0.1) is 0 Å². The second-order valence-corrected chi connectivity index (χ2v) is 9.06. The fraction of sp³-hybridized carbons (Fsp3) is 0.652. The summed E-state index contributed by atoms with van der Waals surface area (Å²) in [5, 5.41) is 4.20. The highest BCUT2D eigenvalue weighted by atomic mass is 35.5. The molecule has 2 aliphatic heterocycles. The maximum absolute atomic E-state index is 13.4. The molecule has 164 valence electrons. The average Bonchev–Trinajstić information content (AvgIpc) is 3.35. The van der Waals surface area contributed by atoms with E-state index < -0.39 is 0 Å². The Kier molecular flexibility index (Phi) is 7.63. The Morgan fingerprint density at radius 1 is 1.00 bits per heavy atom. The molecule has 6 nitrogen and oxygen atoms in total. The normalized spacial score (nSPS) is 18.6. The third-order valence-electron chi connectivity index (χ3n) is 6.35. The number of amides is 1. The van der Waals surface area contributed by atoms with E-state index in [0.717, 1.165) is 56.8 Å². The molecule has 4 heterocycles. The summed E-state index contributed by atoms with van der Waals surface area (Å²) in [6.07, 6.45) is 11.5. The summed E-state index contributed by atoms with van der Waals surface area (Å²) in [6, 6.07) is 3.73. The summed E-state index contributed by atoms with van der Waals surface area (Å²) in [7, 11) is 0. The number of halogens is 1. The molecule has 0 spiro atoms. The lowest BCUT2D eigenvalue weighted by Crippen LogP contribution is -2.35. The zero-order valence-corrected chi connectivity index (χ0v) is 18.7. The Morgan fingerprint density at radius 2 is 1.70 bits per heavy atom. The summed E-state index contributed by atoms with van der Waals surface area (Å²) < 4.78 is 1.98. The van der Waals surface area contributed by atoms with E-state index in [4.69, 9.17) is 16.6 Å². The standard InChI is InChI=1S/C23H34ClN5O/c24-19-9-10-21-26-22(23(30)28-15-4-2-1-3-5-16-28)20(29(21)18-19)17-25-11-8-14-27-12-6-7-13-27/h9-10,18,25H,1-8,11-17H2. The number of aromatic nitrogens is 2. The maximum Gasteiger partial charge on any atom is 0.274 e. The molecule has 0 aromatic carbocycles. The number of carbonyl (C=O) groups excluding carboxylic acids is 1. The van der Waals surface area contributed by atoms with Crippen molar-refractivity contribution in [3.63, 3.8) is 0 Å². The van der Waals surface area contributed by atoms with Gasteiger partial charge in [-0.2, -0.15) is 0 Å². The second kappa shape index (κ2) is 10.6. The van der Waals surface area contributed by atoms with Crippen molar-refractivity contribution in [3.05, 3.63) is 34.7 Å². The van der Waals surface area contributed by atoms with Crippen LogP contribution in [0.1, 0.15) is 67.5 Å². The molecule has 0 atom stereocenters. The minimum Gasteiger partial charge on any atom is -0.337 e. The zero-order chi connectivity index (χ0) is 20.8. The third-order valence-corrected chi connectivity index (χ3v) is 6.57. The molecule has 0 bridgehead atoms. The van der Waals surface area contributed by atoms with Crippen LogP contribution < -0.4 is 5.32 Å². The Balaban J connectivity index is 1.46. The summed E-state index contributed by atoms with van der Waals surface area (Å²) in [4.78, 5) is 22.6. The van der Waals surface area contributed by atoms with Gasteiger partial charge in [-0.3, -0.25) is 4.79 Å². The van der Waals surface area contributed by atoms with Gasteiger partial charge in [0.2, 0.25) is 0 Å². The Bertz CT molecular complexity index is 837. The number of hydrogen-bond acceptors (Lipinski definition) is 4. The van der Waals surface area contributed by atoms with Crippen LogP contribution in [0.3, 0.4) is 0 Å². The Labute approximate surface area is 184 Å². The van der Waals surface area contributed by atoms with E-state index in [2.05, 4.69) is 10.2 Å². The molecule has 7 heteroatoms. The van der Waals surface area contributed by atoms with Crippen molar-refractivity contribution in [2.24, 2.45) is 0 Å². The highest BCUT2D eigenvalue weighted by Crippen LogP contribution is 2.20. The van der Waals surface area contributed by atoms with Crippen LogP contribution in [0.25, 0.3) is 5.65 Å². The summed E-state index contributed by atoms with van der Waals surface area (Å²) >= 11 is 6.25. The minimum absolute atomic E-state index is 0.0607. The van der Waals surface area contributed by atoms with Crippen LogP contribution in [-0.2, 0) is 6.54 Å². The first kappa shape index (κ1) is 21.6. The van der Waals surface area contributed by atoms with Crippen molar-refractivity contribution in [1.82, 2.24) is 24.5 Å². The molecule has 2 aromatic heterocycles. The number of carbonyl (C=O) groups is 1. The van der Waals surface area contributed by atoms with Crippen LogP contribution in [0.4, 0.5) is 0 Å². The lowest BCUT2D eigenvalue weighted by molar-refractivity contribution is 0.0735. The number of likely N-dealkylation sites (tertiary alicyclic amines) is 2. The fourth-order valence-electron chi connectivity index (χ4n) is 4.65. The van der Waals surface area contributed by atoms with Crippen molar-refractivity contribution < 1.29 is 4.79 Å². The van der Waals surface area contributed by atoms with Crippen molar-refractivity contribution in [1.29, 1.82) is 0 Å². The molecule has 0 saturated carbocycles. The van der Waals surface area contributed by atoms with Crippen molar-refractivity contribution in [2.75, 3.05) is 39.3 Å². The molecule has 4 rings (SSSR count). The quantitative estimate of drug-likeness (QED) is 0.674. The zero-order valence-electron chi connectivity index (χ0n) is 17.9. The van der Waals surface area contributed by atoms with Gasteiger partial charge in [0.15, 0.2) is 5.69 Å². The number of fused-ring (bicyclic) bond motifs is 1. The summed E-state index contributed by atoms with van der Waals surface area (Å²) in [5.74, 6) is 0.0607. The summed E-state index contributed by atoms with van der Waals surface area (Å²) in [6.45, 7) is 6.83. The van der Waals surface area contributed by atoms with E-state index in [-0.39, 0.29) is 5.91 Å². The van der Waals surface area contributed by atoms with E-state index in [1.807, 2.05) is 27.6 Å². The van der Waals surface area contributed by atoms with Gasteiger partial charge >= 0.3 is 0 Å². The monoisotopic (exact) mass is 431 g/mol. The molecule has 30 heavy (non-hydrogen) atoms. The smallest absolute Gasteiger partial charge is 0.274 e. The highest BCUT2D eigenvalue weighted by molar-refractivity contribution is 6.30. The lowest BCUT2D eigenvalue weighted by Gasteiger charge is -2.24. The van der Waals surface area contributed by atoms with Crippen LogP contribution in [-0.4, -0.2) is 64.4 Å². The molecule has 2 aromatic rings. The van der Waals surface area contributed by atoms with Gasteiger partial charge in [-0.25, -0.2) is 4.98 Å². The van der Waals surface area contributed by atoms with Gasteiger partial charge in [0.25, 0.3) is 5.91 Å². The predicted octanol–water partition coefficient (Wildman–Crippen LogP) is 3.97. The van der Waals surface area contributed by atoms with Crippen molar-refractivity contribution in [3.8, 4) is 0 Å². The van der Waals surface area contributed by atoms with Crippen LogP contribution >= 0.6 is 11.6 Å². The largest absolute Gasteiger partial charge is 0.337 e. The molecule has 0 aliphatic carbocycles. The van der Waals surface area contributed by atoms with Gasteiger partial charge in [-0.05, 0) is 70.4 Å². The van der Waals surface area contributed by atoms with Gasteiger partial charge in [-0.1, -0.05) is 30.9 Å². The Hall–Kier alpha value is -1.63. The molecular weight excluding hydrogens is 398 g/mol. The highest BCUT2D eigenvalue weighted by Gasteiger charge is 2.24. The topological polar surface area (TPSA) is 52.9 Å². The molecule has 2 fully saturated rings. The minimum atomic E-state index is 0.0607. The van der Waals surface area contributed by atoms with Crippen LogP contribution in [0.5, 0.6) is 0 Å². The molecular formula is C23H34ClN5O. The van der Waals surface area contributed by atoms with Crippen LogP contribution in [0.2, 0.25) is 5.02 Å². The number of nitrogens with one attached hydrogen (secondary N) is 1. The molecule has 2 aliphatic rings. The lowest BCUT2D eigenvalue weighted by atomic mass is 10.1. The van der Waals surface area contributed by atoms with Crippen LogP contribution in [0.15, 0.2) is 18.3 Å². The SMILES string of the molecule is O=C(c1nc2ccc(Cl)cn2c1CNCCCN1CCCC1)N1CCCCCCC1. The molecule has 0 radical (unpaired) electrons. The van der Waals surface area contributed by atoms with E-state index in [9.17, 15) is 4.79 Å². The van der Waals surface area contributed by atoms with Gasteiger partial charge in [-0.15, -0.1) is 0 Å². The van der Waals surface area contributed by atoms with E-state index >= 15 is 0 Å². The number of rotatable bonds is 7. The van der Waals surface area contributed by atoms with E-state index in [1.54, 1.807) is 0 Å². The first-order chi connectivity index (χ1) is 14.7. The number of imidazole rings is 1. The number of pyridine rings is 1. The molecule has 1 N–H and O–H groups in total. The third kappa shape index (κ3) is 5.34. The van der Waals surface area contributed by atoms with Crippen molar-refractivity contribution >= 4 is 23.2 Å². The van der Waals surface area contributed by atoms with Gasteiger partial charge in [0.1, 0.15) is 5.65 Å². The first-order valence-corrected chi connectivity index (χ1v) is 12.0. The average molecular weight is 432 g/mol. The van der Waals surface area contributed by atoms with Gasteiger partial charge in [0.05, 0.1) is 10.7 Å². The van der Waals surface area contributed by atoms with Gasteiger partial charge in [0, 0.05) is 25.8 Å². The second-order valence-electron chi connectivity index (χ2n) is 8.62. The molecule has 1 amide bonds. The molecule has 0 unspecified atom stereocenters. The molecule has 2 saturated heterocycles. The first-order valence-electron chi connectivity index (χ1n) is 11.6. The fourth-order valence-corrected chi connectivity index (χ4v) is 4.81. The predicted molar refractivity (Wildman–Crippen MR) is 121 cm³/mol. The number of hydrogen-bond donors (Lipinski definition) is 1. The summed E-state index contributed by atoms with van der Waals surface area (Å²) in [5.41, 5.74) is 2.27. The maximum atomic E-state index is 13.4. The van der Waals surface area contributed by atoms with E-state index in [1.165, 1.54) is 45.2 Å². The van der Waals surface area contributed by atoms with Crippen molar-refractivity contribution in [2.45, 2.75) is 57.9 Å². The number of nitrogens with zero attached hydrogens (tertiary/aromatic N) is 4.